The highest BCUT2D eigenvalue weighted by molar-refractivity contribution is 7.85. The largest absolute Gasteiger partial charge is 0.309 e. The third-order valence-electron chi connectivity index (χ3n) is 10.6. The maximum atomic E-state index is 15.5. The number of hydrogen-bond acceptors (Lipinski definition) is 3. The minimum absolute atomic E-state index is 0.825. The Hall–Kier alpha value is -6.67. The van der Waals surface area contributed by atoms with E-state index < -0.39 is 7.14 Å². The predicted molar refractivity (Wildman–Crippen MR) is 228 cm³/mol. The standard InChI is InChI=1S/C50H33N2OP/c53-54(37-16-6-2-7-17-37,38-18-8-3-9-19-38)48-33-30-43(41-22-12-13-23-45(41)48)42-28-29-44(40-21-11-10-20-39(40)42)47-32-27-36-25-24-35-26-31-46(34-14-4-1-5-15-34)51-49(35)50(36)52-47/h1-33H. The lowest BCUT2D eigenvalue weighted by molar-refractivity contribution is 0.592. The van der Waals surface area contributed by atoms with E-state index in [4.69, 9.17) is 9.97 Å². The SMILES string of the molecule is O=P(c1ccccc1)(c1ccccc1)c1ccc(-c2ccc(-c3ccc4ccc5ccc(-c6ccccc6)nc5c4n3)c3ccccc23)c2ccccc12. The Balaban J connectivity index is 1.14. The quantitative estimate of drug-likeness (QED) is 0.128. The molecule has 0 N–H and O–H groups in total. The molecule has 0 bridgehead atoms. The van der Waals surface area contributed by atoms with Gasteiger partial charge in [-0.1, -0.05) is 182 Å². The molecular weight excluding hydrogens is 676 g/mol. The number of fused-ring (bicyclic) bond motifs is 5. The van der Waals surface area contributed by atoms with Gasteiger partial charge in [0.15, 0.2) is 7.14 Å². The van der Waals surface area contributed by atoms with Crippen molar-refractivity contribution in [2.45, 2.75) is 0 Å². The minimum Gasteiger partial charge on any atom is -0.309 e. The molecule has 0 radical (unpaired) electrons. The van der Waals surface area contributed by atoms with Gasteiger partial charge in [0.1, 0.15) is 0 Å². The van der Waals surface area contributed by atoms with E-state index in [1.807, 2.05) is 84.9 Å². The molecule has 4 heteroatoms. The van der Waals surface area contributed by atoms with Crippen molar-refractivity contribution in [3.8, 4) is 33.6 Å². The van der Waals surface area contributed by atoms with Crippen LogP contribution in [-0.2, 0) is 4.57 Å². The summed E-state index contributed by atoms with van der Waals surface area (Å²) in [6, 6.07) is 68.5. The van der Waals surface area contributed by atoms with Gasteiger partial charge in [-0.05, 0) is 50.9 Å². The summed E-state index contributed by atoms with van der Waals surface area (Å²) in [5.74, 6) is 0. The first-order valence-electron chi connectivity index (χ1n) is 18.2. The Morgan fingerprint density at radius 2 is 0.741 bits per heavy atom. The van der Waals surface area contributed by atoms with Crippen molar-refractivity contribution in [3.05, 3.63) is 200 Å². The van der Waals surface area contributed by atoms with E-state index in [2.05, 4.69) is 115 Å². The van der Waals surface area contributed by atoms with Gasteiger partial charge in [0.25, 0.3) is 0 Å². The Morgan fingerprint density at radius 1 is 0.333 bits per heavy atom. The molecule has 10 rings (SSSR count). The molecule has 0 atom stereocenters. The first-order valence-corrected chi connectivity index (χ1v) is 19.9. The van der Waals surface area contributed by atoms with E-state index in [1.165, 1.54) is 0 Å². The van der Waals surface area contributed by atoms with Gasteiger partial charge in [-0.25, -0.2) is 9.97 Å². The normalized spacial score (nSPS) is 11.8. The third-order valence-corrected chi connectivity index (χ3v) is 13.7. The zero-order valence-corrected chi connectivity index (χ0v) is 30.2. The van der Waals surface area contributed by atoms with Crippen molar-refractivity contribution in [2.75, 3.05) is 0 Å². The topological polar surface area (TPSA) is 42.9 Å². The van der Waals surface area contributed by atoms with Gasteiger partial charge in [-0.3, -0.25) is 0 Å². The lowest BCUT2D eigenvalue weighted by Crippen LogP contribution is -2.25. The number of hydrogen-bond donors (Lipinski definition) is 0. The lowest BCUT2D eigenvalue weighted by atomic mass is 9.91. The minimum atomic E-state index is -3.20. The highest BCUT2D eigenvalue weighted by atomic mass is 31.2. The molecule has 254 valence electrons. The van der Waals surface area contributed by atoms with Crippen LogP contribution < -0.4 is 15.9 Å². The fourth-order valence-corrected chi connectivity index (χ4v) is 10.8. The molecule has 2 aromatic heterocycles. The zero-order valence-electron chi connectivity index (χ0n) is 29.3. The van der Waals surface area contributed by atoms with Gasteiger partial charge in [-0.15, -0.1) is 0 Å². The lowest BCUT2D eigenvalue weighted by Gasteiger charge is -2.23. The molecule has 0 saturated heterocycles. The first kappa shape index (κ1) is 32.0. The maximum absolute atomic E-state index is 15.5. The summed E-state index contributed by atoms with van der Waals surface area (Å²) >= 11 is 0. The molecular formula is C50H33N2OP. The van der Waals surface area contributed by atoms with Gasteiger partial charge in [0, 0.05) is 37.8 Å². The monoisotopic (exact) mass is 708 g/mol. The van der Waals surface area contributed by atoms with E-state index in [1.54, 1.807) is 0 Å². The summed E-state index contributed by atoms with van der Waals surface area (Å²) < 4.78 is 15.5. The Bertz CT molecular complexity index is 3030. The van der Waals surface area contributed by atoms with Crippen LogP contribution in [0.2, 0.25) is 0 Å². The van der Waals surface area contributed by atoms with E-state index >= 15 is 4.57 Å². The summed E-state index contributed by atoms with van der Waals surface area (Å²) in [4.78, 5) is 10.4. The van der Waals surface area contributed by atoms with Crippen LogP contribution in [0.4, 0.5) is 0 Å². The first-order chi connectivity index (χ1) is 26.7. The molecule has 8 aromatic carbocycles. The van der Waals surface area contributed by atoms with Crippen molar-refractivity contribution < 1.29 is 4.57 Å². The number of nitrogens with zero attached hydrogens (tertiary/aromatic N) is 2. The summed E-state index contributed by atoms with van der Waals surface area (Å²) in [7, 11) is -3.20. The molecule has 10 aromatic rings. The number of pyridine rings is 2. The van der Waals surface area contributed by atoms with Crippen molar-refractivity contribution >= 4 is 66.4 Å². The van der Waals surface area contributed by atoms with E-state index in [-0.39, 0.29) is 0 Å². The van der Waals surface area contributed by atoms with Gasteiger partial charge in [0.2, 0.25) is 0 Å². The third kappa shape index (κ3) is 5.24. The Morgan fingerprint density at radius 3 is 1.33 bits per heavy atom. The molecule has 0 amide bonds. The number of aromatic nitrogens is 2. The number of rotatable bonds is 6. The fourth-order valence-electron chi connectivity index (χ4n) is 7.94. The smallest absolute Gasteiger partial charge is 0.171 e. The number of benzene rings is 8. The van der Waals surface area contributed by atoms with Crippen LogP contribution in [0.15, 0.2) is 200 Å². The van der Waals surface area contributed by atoms with Crippen LogP contribution in [0.3, 0.4) is 0 Å². The van der Waals surface area contributed by atoms with Gasteiger partial charge >= 0.3 is 0 Å². The molecule has 0 aliphatic rings. The molecule has 3 nitrogen and oxygen atoms in total. The summed E-state index contributed by atoms with van der Waals surface area (Å²) in [6.45, 7) is 0. The Labute approximate surface area is 313 Å². The summed E-state index contributed by atoms with van der Waals surface area (Å²) in [6.07, 6.45) is 0. The molecule has 0 aliphatic heterocycles. The zero-order chi connectivity index (χ0) is 36.1. The van der Waals surface area contributed by atoms with Gasteiger partial charge in [-0.2, -0.15) is 0 Å². The second kappa shape index (κ2) is 13.1. The molecule has 0 aliphatic carbocycles. The van der Waals surface area contributed by atoms with Gasteiger partial charge in [0.05, 0.1) is 22.4 Å². The van der Waals surface area contributed by atoms with E-state index in [0.29, 0.717) is 0 Å². The molecule has 54 heavy (non-hydrogen) atoms. The Kier molecular flexibility index (Phi) is 7.75. The van der Waals surface area contributed by atoms with Gasteiger partial charge < -0.3 is 4.57 Å². The maximum Gasteiger partial charge on any atom is 0.171 e. The fraction of sp³-hybridized carbons (Fsp3) is 0. The van der Waals surface area contributed by atoms with Crippen LogP contribution in [0, 0.1) is 0 Å². The molecule has 0 spiro atoms. The van der Waals surface area contributed by atoms with Crippen molar-refractivity contribution in [3.63, 3.8) is 0 Å². The average molecular weight is 709 g/mol. The molecule has 0 unspecified atom stereocenters. The highest BCUT2D eigenvalue weighted by Gasteiger charge is 2.31. The van der Waals surface area contributed by atoms with Crippen molar-refractivity contribution in [2.24, 2.45) is 0 Å². The molecule has 2 heterocycles. The second-order valence-corrected chi connectivity index (χ2v) is 16.4. The van der Waals surface area contributed by atoms with Crippen LogP contribution in [0.5, 0.6) is 0 Å². The van der Waals surface area contributed by atoms with E-state index in [9.17, 15) is 0 Å². The van der Waals surface area contributed by atoms with Crippen LogP contribution >= 0.6 is 7.14 Å². The van der Waals surface area contributed by atoms with Crippen molar-refractivity contribution in [1.82, 2.24) is 9.97 Å². The van der Waals surface area contributed by atoms with Crippen LogP contribution in [0.1, 0.15) is 0 Å². The highest BCUT2D eigenvalue weighted by Crippen LogP contribution is 2.46. The van der Waals surface area contributed by atoms with Crippen LogP contribution in [-0.4, -0.2) is 9.97 Å². The molecule has 0 fully saturated rings. The average Bonchev–Trinajstić information content (AvgIpc) is 3.26. The molecule has 0 saturated carbocycles. The van der Waals surface area contributed by atoms with E-state index in [0.717, 1.165) is 92.9 Å². The second-order valence-electron chi connectivity index (χ2n) is 13.6. The predicted octanol–water partition coefficient (Wildman–Crippen LogP) is 11.7. The summed E-state index contributed by atoms with van der Waals surface area (Å²) in [5, 5.41) is 8.92. The summed E-state index contributed by atoms with van der Waals surface area (Å²) in [5.41, 5.74) is 7.97. The van der Waals surface area contributed by atoms with Crippen LogP contribution in [0.25, 0.3) is 77.0 Å². The van der Waals surface area contributed by atoms with Crippen molar-refractivity contribution in [1.29, 1.82) is 0 Å².